The lowest BCUT2D eigenvalue weighted by Crippen LogP contribution is -2.59. The highest BCUT2D eigenvalue weighted by atomic mass is 35.5. The third kappa shape index (κ3) is 9.41. The lowest BCUT2D eigenvalue weighted by Gasteiger charge is -2.41. The number of aliphatic hydroxyl groups excluding tert-OH is 2. The number of ether oxygens (including phenoxy) is 4. The van der Waals surface area contributed by atoms with Crippen LogP contribution in [0.5, 0.6) is 0 Å². The Labute approximate surface area is 277 Å². The van der Waals surface area contributed by atoms with Crippen molar-refractivity contribution in [2.75, 3.05) is 13.6 Å². The topological polar surface area (TPSA) is 135 Å². The van der Waals surface area contributed by atoms with Crippen LogP contribution in [0.2, 0.25) is 4.34 Å². The van der Waals surface area contributed by atoms with Crippen LogP contribution in [-0.4, -0.2) is 100 Å². The van der Waals surface area contributed by atoms with E-state index in [9.17, 15) is 24.9 Å². The molecule has 2 aliphatic heterocycles. The molecule has 0 aliphatic carbocycles. The fourth-order valence-corrected chi connectivity index (χ4v) is 7.70. The Hall–Kier alpha value is -1.31. The van der Waals surface area contributed by atoms with Gasteiger partial charge in [-0.15, -0.1) is 11.3 Å². The molecule has 3 rings (SSSR count). The summed E-state index contributed by atoms with van der Waals surface area (Å²) in [6.07, 6.45) is -3.41. The fraction of sp³-hybridized carbons (Fsp3) is 0.818. The third-order valence-corrected chi connectivity index (χ3v) is 11.0. The summed E-state index contributed by atoms with van der Waals surface area (Å²) in [4.78, 5) is 28.7. The summed E-state index contributed by atoms with van der Waals surface area (Å²) in [6, 6.07) is 2.84. The number of carbonyl (C=O) groups excluding carboxylic acids is 2. The van der Waals surface area contributed by atoms with Crippen LogP contribution in [0.15, 0.2) is 12.1 Å². The van der Waals surface area contributed by atoms with Gasteiger partial charge in [0.25, 0.3) is 0 Å². The second kappa shape index (κ2) is 16.2. The maximum atomic E-state index is 13.4. The average molecular weight is 676 g/mol. The van der Waals surface area contributed by atoms with E-state index in [0.717, 1.165) is 11.3 Å². The van der Waals surface area contributed by atoms with Crippen molar-refractivity contribution in [3.05, 3.63) is 21.3 Å². The Morgan fingerprint density at radius 1 is 1.16 bits per heavy atom. The van der Waals surface area contributed by atoms with Crippen molar-refractivity contribution in [2.45, 2.75) is 136 Å². The van der Waals surface area contributed by atoms with Crippen molar-refractivity contribution in [3.8, 4) is 0 Å². The predicted octanol–water partition coefficient (Wildman–Crippen LogP) is 4.90. The molecule has 0 saturated carbocycles. The zero-order chi connectivity index (χ0) is 33.8. The van der Waals surface area contributed by atoms with Crippen molar-refractivity contribution in [3.63, 3.8) is 0 Å². The van der Waals surface area contributed by atoms with Crippen LogP contribution >= 0.6 is 22.9 Å². The summed E-state index contributed by atoms with van der Waals surface area (Å²) in [6.45, 7) is 15.3. The number of esters is 2. The molecule has 2 aliphatic rings. The first-order valence-electron chi connectivity index (χ1n) is 16.2. The molecule has 10 nitrogen and oxygen atoms in total. The van der Waals surface area contributed by atoms with Gasteiger partial charge in [0.05, 0.1) is 28.6 Å². The number of aliphatic hydroxyl groups is 3. The van der Waals surface area contributed by atoms with E-state index in [0.29, 0.717) is 35.0 Å². The zero-order valence-electron chi connectivity index (χ0n) is 28.1. The number of hydrogen-bond donors (Lipinski definition) is 3. The number of likely N-dealkylation sites (N-methyl/N-ethyl adjacent to an activating group) is 1. The number of cyclic esters (lactones) is 1. The Morgan fingerprint density at radius 3 is 2.42 bits per heavy atom. The molecular formula is C33H54ClNO9S. The van der Waals surface area contributed by atoms with Gasteiger partial charge in [0, 0.05) is 18.5 Å². The van der Waals surface area contributed by atoms with Crippen LogP contribution in [0, 0.1) is 23.7 Å². The maximum Gasteiger partial charge on any atom is 0.348 e. The molecule has 2 saturated heterocycles. The first-order valence-corrected chi connectivity index (χ1v) is 17.4. The second-order valence-corrected chi connectivity index (χ2v) is 15.4. The quantitative estimate of drug-likeness (QED) is 0.370. The summed E-state index contributed by atoms with van der Waals surface area (Å²) in [5.74, 6) is -2.63. The Kier molecular flexibility index (Phi) is 13.7. The number of hydrogen-bond acceptors (Lipinski definition) is 11. The Morgan fingerprint density at radius 2 is 1.82 bits per heavy atom. The molecule has 0 unspecified atom stereocenters. The Balaban J connectivity index is 1.93. The van der Waals surface area contributed by atoms with Crippen molar-refractivity contribution in [1.82, 2.24) is 4.90 Å². The molecule has 258 valence electrons. The minimum atomic E-state index is -1.72. The molecule has 3 heterocycles. The van der Waals surface area contributed by atoms with E-state index in [1.807, 2.05) is 39.6 Å². The van der Waals surface area contributed by atoms with E-state index < -0.39 is 72.2 Å². The van der Waals surface area contributed by atoms with Crippen molar-refractivity contribution in [2.24, 2.45) is 23.7 Å². The molecule has 13 atom stereocenters. The van der Waals surface area contributed by atoms with E-state index >= 15 is 0 Å². The highest BCUT2D eigenvalue weighted by Crippen LogP contribution is 2.35. The van der Waals surface area contributed by atoms with Crippen molar-refractivity contribution in [1.29, 1.82) is 0 Å². The summed E-state index contributed by atoms with van der Waals surface area (Å²) >= 11 is 7.18. The van der Waals surface area contributed by atoms with Gasteiger partial charge in [0.15, 0.2) is 12.4 Å². The van der Waals surface area contributed by atoms with E-state index in [4.69, 9.17) is 30.5 Å². The normalized spacial score (nSPS) is 41.5. The van der Waals surface area contributed by atoms with E-state index in [1.54, 1.807) is 26.0 Å². The van der Waals surface area contributed by atoms with Gasteiger partial charge in [-0.25, -0.2) is 4.79 Å². The van der Waals surface area contributed by atoms with Gasteiger partial charge in [-0.2, -0.15) is 0 Å². The average Bonchev–Trinajstić information content (AvgIpc) is 3.43. The standard InChI is InChI=1S/C33H54ClNO9S/c1-10-25-33(8,40)29(37)22(7)35(9)16-17(2)15-18(3)28(20(5)27(36)21(6)30(38)43-25)44-32-23(12-11-19(4)41-32)42-31(39)24-13-14-26(34)45-24/h13-14,17-23,25,27-29,32,36-37,40H,10-12,15-16H2,1-9H3/t17-,18+,19-,20+,21-,22-,23-,25-,27+,28+,29-,32+,33-/m1/s1. The number of nitrogens with zero attached hydrogens (tertiary/aromatic N) is 1. The van der Waals surface area contributed by atoms with Crippen LogP contribution in [0.3, 0.4) is 0 Å². The number of carbonyl (C=O) groups is 2. The zero-order valence-corrected chi connectivity index (χ0v) is 29.7. The van der Waals surface area contributed by atoms with Crippen LogP contribution < -0.4 is 0 Å². The first-order chi connectivity index (χ1) is 21.0. The fourth-order valence-electron chi connectivity index (χ4n) is 6.78. The molecule has 3 N–H and O–H groups in total. The van der Waals surface area contributed by atoms with Crippen LogP contribution in [0.1, 0.15) is 90.7 Å². The van der Waals surface area contributed by atoms with Gasteiger partial charge in [-0.1, -0.05) is 39.3 Å². The number of rotatable bonds is 5. The molecular weight excluding hydrogens is 622 g/mol. The van der Waals surface area contributed by atoms with E-state index in [1.165, 1.54) is 6.92 Å². The molecule has 2 fully saturated rings. The van der Waals surface area contributed by atoms with Crippen LogP contribution in [-0.2, 0) is 23.7 Å². The first kappa shape index (κ1) is 38.1. The van der Waals surface area contributed by atoms with E-state index in [-0.39, 0.29) is 24.4 Å². The number of thiophene rings is 1. The van der Waals surface area contributed by atoms with Crippen LogP contribution in [0.4, 0.5) is 0 Å². The molecule has 12 heteroatoms. The lowest BCUT2D eigenvalue weighted by atomic mass is 9.80. The summed E-state index contributed by atoms with van der Waals surface area (Å²) in [5, 5.41) is 34.2. The molecule has 45 heavy (non-hydrogen) atoms. The minimum Gasteiger partial charge on any atom is -0.459 e. The monoisotopic (exact) mass is 675 g/mol. The SMILES string of the molecule is CC[C@H]1OC(=O)[C@H](C)[C@@H](O)[C@H](C)[C@@H](O[C@@H]2O[C@H](C)CC[C@H]2OC(=O)c2ccc(Cl)s2)[C@@H](C)C[C@@H](C)CN(C)[C@H](C)[C@@H](O)[C@]1(C)O. The van der Waals surface area contributed by atoms with Crippen LogP contribution in [0.25, 0.3) is 0 Å². The molecule has 0 radical (unpaired) electrons. The van der Waals surface area contributed by atoms with Gasteiger partial charge in [0.2, 0.25) is 0 Å². The van der Waals surface area contributed by atoms with Gasteiger partial charge < -0.3 is 39.2 Å². The van der Waals surface area contributed by atoms with Gasteiger partial charge in [0.1, 0.15) is 22.7 Å². The molecule has 0 spiro atoms. The lowest BCUT2D eigenvalue weighted by molar-refractivity contribution is -0.270. The Bertz CT molecular complexity index is 1120. The summed E-state index contributed by atoms with van der Waals surface area (Å²) in [7, 11) is 1.90. The van der Waals surface area contributed by atoms with Crippen molar-refractivity contribution < 1.29 is 43.9 Å². The molecule has 1 aromatic heterocycles. The third-order valence-electron chi connectivity index (χ3n) is 9.76. The van der Waals surface area contributed by atoms with Gasteiger partial charge in [-0.3, -0.25) is 4.79 Å². The van der Waals surface area contributed by atoms with Crippen molar-refractivity contribution >= 4 is 34.9 Å². The van der Waals surface area contributed by atoms with Gasteiger partial charge >= 0.3 is 11.9 Å². The summed E-state index contributed by atoms with van der Waals surface area (Å²) < 4.78 is 25.0. The minimum absolute atomic E-state index is 0.105. The van der Waals surface area contributed by atoms with E-state index in [2.05, 4.69) is 6.92 Å². The molecule has 0 bridgehead atoms. The highest BCUT2D eigenvalue weighted by molar-refractivity contribution is 7.17. The maximum absolute atomic E-state index is 13.4. The number of halogens is 1. The molecule has 0 aromatic carbocycles. The predicted molar refractivity (Wildman–Crippen MR) is 173 cm³/mol. The second-order valence-electron chi connectivity index (χ2n) is 13.7. The highest BCUT2D eigenvalue weighted by Gasteiger charge is 2.46. The smallest absolute Gasteiger partial charge is 0.348 e. The largest absolute Gasteiger partial charge is 0.459 e. The molecule has 1 aromatic rings. The molecule has 0 amide bonds. The summed E-state index contributed by atoms with van der Waals surface area (Å²) in [5.41, 5.74) is -1.72. The van der Waals surface area contributed by atoms with Gasteiger partial charge in [-0.05, 0) is 84.4 Å².